The Hall–Kier alpha value is -2.44. The van der Waals surface area contributed by atoms with Gasteiger partial charge in [-0.15, -0.1) is 0 Å². The van der Waals surface area contributed by atoms with Crippen molar-refractivity contribution in [2.45, 2.75) is 13.0 Å². The van der Waals surface area contributed by atoms with E-state index in [9.17, 15) is 13.9 Å². The second kappa shape index (κ2) is 7.29. The zero-order chi connectivity index (χ0) is 19.0. The summed E-state index contributed by atoms with van der Waals surface area (Å²) in [5.41, 5.74) is 3.06. The predicted molar refractivity (Wildman–Crippen MR) is 103 cm³/mol. The molecule has 6 heteroatoms. The number of aliphatic hydroxyl groups is 1. The molecule has 4 nitrogen and oxygen atoms in total. The molecule has 1 aromatic heterocycles. The molecule has 1 unspecified atom stereocenters. The molecule has 0 amide bonds. The Bertz CT molecular complexity index is 948. The van der Waals surface area contributed by atoms with Crippen molar-refractivity contribution in [2.24, 2.45) is 0 Å². The van der Waals surface area contributed by atoms with Gasteiger partial charge in [0.15, 0.2) is 0 Å². The summed E-state index contributed by atoms with van der Waals surface area (Å²) >= 11 is 0. The molecule has 1 atom stereocenters. The van der Waals surface area contributed by atoms with Crippen molar-refractivity contribution in [3.63, 3.8) is 0 Å². The minimum absolute atomic E-state index is 0.206. The lowest BCUT2D eigenvalue weighted by atomic mass is 10.0. The predicted octanol–water partition coefficient (Wildman–Crippen LogP) is 3.61. The highest BCUT2D eigenvalue weighted by atomic mass is 19.1. The molecular weight excluding hydrogens is 348 g/mol. The quantitative estimate of drug-likeness (QED) is 0.736. The largest absolute Gasteiger partial charge is 0.387 e. The first kappa shape index (κ1) is 17.9. The van der Waals surface area contributed by atoms with Gasteiger partial charge in [-0.25, -0.2) is 8.78 Å². The number of aryl methyl sites for hydroxylation is 1. The molecule has 0 radical (unpaired) electrons. The molecule has 27 heavy (non-hydrogen) atoms. The van der Waals surface area contributed by atoms with Crippen LogP contribution < -0.4 is 4.90 Å². The Morgan fingerprint density at radius 2 is 1.81 bits per heavy atom. The molecule has 2 N–H and O–H groups in total. The monoisotopic (exact) mass is 371 g/mol. The van der Waals surface area contributed by atoms with Crippen molar-refractivity contribution >= 4 is 16.6 Å². The van der Waals surface area contributed by atoms with Crippen LogP contribution in [0.3, 0.4) is 0 Å². The Morgan fingerprint density at radius 1 is 1.07 bits per heavy atom. The summed E-state index contributed by atoms with van der Waals surface area (Å²) < 4.78 is 27.6. The number of fused-ring (bicyclic) bond motifs is 1. The van der Waals surface area contributed by atoms with Gasteiger partial charge in [-0.2, -0.15) is 0 Å². The summed E-state index contributed by atoms with van der Waals surface area (Å²) in [6, 6.07) is 11.4. The van der Waals surface area contributed by atoms with Crippen LogP contribution in [0.4, 0.5) is 14.5 Å². The molecule has 1 fully saturated rings. The van der Waals surface area contributed by atoms with E-state index >= 15 is 0 Å². The standard InChI is InChI=1S/C21H23F2N3O/c1-14-21(16-12-15(22)6-7-18(16)24-14)20(27)13-25-8-10-26(11-9-25)19-5-3-2-4-17(19)23/h2-7,12,20,24,27H,8-11,13H2,1H3. The first-order chi connectivity index (χ1) is 13.0. The second-order valence-corrected chi connectivity index (χ2v) is 7.11. The van der Waals surface area contributed by atoms with Gasteiger partial charge in [0.25, 0.3) is 0 Å². The third-order valence-electron chi connectivity index (χ3n) is 5.33. The van der Waals surface area contributed by atoms with E-state index in [-0.39, 0.29) is 11.6 Å². The van der Waals surface area contributed by atoms with Crippen molar-refractivity contribution in [2.75, 3.05) is 37.6 Å². The number of benzene rings is 2. The summed E-state index contributed by atoms with van der Waals surface area (Å²) in [4.78, 5) is 7.41. The molecule has 0 aliphatic carbocycles. The number of halogens is 2. The average molecular weight is 371 g/mol. The van der Waals surface area contributed by atoms with E-state index in [2.05, 4.69) is 9.88 Å². The first-order valence-corrected chi connectivity index (χ1v) is 9.20. The van der Waals surface area contributed by atoms with E-state index in [1.54, 1.807) is 18.2 Å². The molecule has 0 spiro atoms. The summed E-state index contributed by atoms with van der Waals surface area (Å²) in [7, 11) is 0. The maximum absolute atomic E-state index is 14.0. The highest BCUT2D eigenvalue weighted by molar-refractivity contribution is 5.85. The zero-order valence-corrected chi connectivity index (χ0v) is 15.3. The number of hydrogen-bond donors (Lipinski definition) is 2. The number of para-hydroxylation sites is 1. The van der Waals surface area contributed by atoms with Gasteiger partial charge in [0.1, 0.15) is 11.6 Å². The van der Waals surface area contributed by atoms with E-state index < -0.39 is 6.10 Å². The van der Waals surface area contributed by atoms with E-state index in [1.807, 2.05) is 17.9 Å². The highest BCUT2D eigenvalue weighted by Crippen LogP contribution is 2.29. The second-order valence-electron chi connectivity index (χ2n) is 7.11. The number of nitrogens with one attached hydrogen (secondary N) is 1. The zero-order valence-electron chi connectivity index (χ0n) is 15.3. The minimum Gasteiger partial charge on any atom is -0.387 e. The topological polar surface area (TPSA) is 42.5 Å². The maximum Gasteiger partial charge on any atom is 0.146 e. The van der Waals surface area contributed by atoms with Crippen LogP contribution in [-0.4, -0.2) is 47.7 Å². The lowest BCUT2D eigenvalue weighted by Crippen LogP contribution is -2.47. The first-order valence-electron chi connectivity index (χ1n) is 9.20. The summed E-state index contributed by atoms with van der Waals surface area (Å²) in [5, 5.41) is 11.5. The number of nitrogens with zero attached hydrogens (tertiary/aromatic N) is 2. The highest BCUT2D eigenvalue weighted by Gasteiger charge is 2.24. The van der Waals surface area contributed by atoms with Gasteiger partial charge in [-0.05, 0) is 37.3 Å². The van der Waals surface area contributed by atoms with Gasteiger partial charge in [-0.1, -0.05) is 12.1 Å². The van der Waals surface area contributed by atoms with Crippen LogP contribution in [0.1, 0.15) is 17.4 Å². The molecule has 2 heterocycles. The van der Waals surface area contributed by atoms with Crippen molar-refractivity contribution < 1.29 is 13.9 Å². The van der Waals surface area contributed by atoms with Crippen LogP contribution in [0, 0.1) is 18.6 Å². The van der Waals surface area contributed by atoms with Gasteiger partial charge in [0.2, 0.25) is 0 Å². The van der Waals surface area contributed by atoms with Crippen LogP contribution in [0.15, 0.2) is 42.5 Å². The summed E-state index contributed by atoms with van der Waals surface area (Å²) in [6.45, 7) is 5.24. The molecular formula is C21H23F2N3O. The SMILES string of the molecule is Cc1[nH]c2ccc(F)cc2c1C(O)CN1CCN(c2ccccc2F)CC1. The molecule has 1 aliphatic rings. The van der Waals surface area contributed by atoms with Crippen LogP contribution in [-0.2, 0) is 0 Å². The molecule has 0 saturated carbocycles. The number of aliphatic hydroxyl groups excluding tert-OH is 1. The number of aromatic nitrogens is 1. The number of aromatic amines is 1. The van der Waals surface area contributed by atoms with Crippen molar-refractivity contribution in [3.8, 4) is 0 Å². The lowest BCUT2D eigenvalue weighted by molar-refractivity contribution is 0.110. The number of hydrogen-bond acceptors (Lipinski definition) is 3. The van der Waals surface area contributed by atoms with Crippen LogP contribution in [0.5, 0.6) is 0 Å². The van der Waals surface area contributed by atoms with Gasteiger partial charge < -0.3 is 15.0 Å². The molecule has 0 bridgehead atoms. The number of H-pyrrole nitrogens is 1. The summed E-state index contributed by atoms with van der Waals surface area (Å²) in [5.74, 6) is -0.518. The molecule has 4 rings (SSSR count). The Labute approximate surface area is 157 Å². The van der Waals surface area contributed by atoms with Gasteiger partial charge in [-0.3, -0.25) is 4.90 Å². The minimum atomic E-state index is -0.708. The number of β-amino-alcohol motifs (C(OH)–C–C–N with tert-alkyl or cyclic N) is 1. The lowest BCUT2D eigenvalue weighted by Gasteiger charge is -2.37. The van der Waals surface area contributed by atoms with Crippen molar-refractivity contribution in [1.82, 2.24) is 9.88 Å². The molecule has 142 valence electrons. The van der Waals surface area contributed by atoms with Crippen LogP contribution in [0.2, 0.25) is 0 Å². The molecule has 2 aromatic carbocycles. The van der Waals surface area contributed by atoms with Gasteiger partial charge in [0.05, 0.1) is 11.8 Å². The fraction of sp³-hybridized carbons (Fsp3) is 0.333. The van der Waals surface area contributed by atoms with E-state index in [0.717, 1.165) is 35.2 Å². The number of piperazine rings is 1. The molecule has 1 aliphatic heterocycles. The Kier molecular flexibility index (Phi) is 4.85. The van der Waals surface area contributed by atoms with E-state index in [1.165, 1.54) is 18.2 Å². The molecule has 1 saturated heterocycles. The third-order valence-corrected chi connectivity index (χ3v) is 5.33. The smallest absolute Gasteiger partial charge is 0.146 e. The normalized spacial score (nSPS) is 16.8. The van der Waals surface area contributed by atoms with Crippen LogP contribution in [0.25, 0.3) is 10.9 Å². The van der Waals surface area contributed by atoms with Gasteiger partial charge in [0, 0.05) is 54.9 Å². The molecule has 3 aromatic rings. The summed E-state index contributed by atoms with van der Waals surface area (Å²) in [6.07, 6.45) is -0.708. The Morgan fingerprint density at radius 3 is 2.56 bits per heavy atom. The Balaban J connectivity index is 1.44. The van der Waals surface area contributed by atoms with Crippen LogP contribution >= 0.6 is 0 Å². The van der Waals surface area contributed by atoms with E-state index in [0.29, 0.717) is 25.3 Å². The van der Waals surface area contributed by atoms with E-state index in [4.69, 9.17) is 0 Å². The van der Waals surface area contributed by atoms with Crippen molar-refractivity contribution in [3.05, 3.63) is 65.4 Å². The van der Waals surface area contributed by atoms with Gasteiger partial charge >= 0.3 is 0 Å². The number of rotatable bonds is 4. The third kappa shape index (κ3) is 3.55. The maximum atomic E-state index is 14.0. The fourth-order valence-corrected chi connectivity index (χ4v) is 3.96. The number of anilines is 1. The average Bonchev–Trinajstić information content (AvgIpc) is 2.98. The van der Waals surface area contributed by atoms with Crippen molar-refractivity contribution in [1.29, 1.82) is 0 Å². The fourth-order valence-electron chi connectivity index (χ4n) is 3.96.